The molecule has 0 aliphatic carbocycles. The van der Waals surface area contributed by atoms with E-state index in [-0.39, 0.29) is 29.5 Å². The number of ether oxygens (including phenoxy) is 1. The zero-order valence-electron chi connectivity index (χ0n) is 26.4. The van der Waals surface area contributed by atoms with Gasteiger partial charge < -0.3 is 15.0 Å². The van der Waals surface area contributed by atoms with Crippen molar-refractivity contribution < 1.29 is 22.7 Å². The van der Waals surface area contributed by atoms with Crippen LogP contribution >= 0.6 is 0 Å². The number of amides is 2. The Hall–Kier alpha value is -4.63. The molecule has 0 unspecified atom stereocenters. The molecule has 0 aliphatic heterocycles. The highest BCUT2D eigenvalue weighted by Gasteiger charge is 2.35. The van der Waals surface area contributed by atoms with Gasteiger partial charge in [0.2, 0.25) is 11.8 Å². The van der Waals surface area contributed by atoms with E-state index in [4.69, 9.17) is 4.74 Å². The van der Waals surface area contributed by atoms with Gasteiger partial charge in [0.05, 0.1) is 17.7 Å². The number of aryl methyl sites for hydroxylation is 1. The molecule has 236 valence electrons. The molecule has 9 heteroatoms. The van der Waals surface area contributed by atoms with Gasteiger partial charge in [-0.3, -0.25) is 13.9 Å². The highest BCUT2D eigenvalue weighted by Crippen LogP contribution is 2.28. The fourth-order valence-corrected chi connectivity index (χ4v) is 6.32. The van der Waals surface area contributed by atoms with Crippen molar-refractivity contribution in [3.63, 3.8) is 0 Å². The lowest BCUT2D eigenvalue weighted by atomic mass is 10.0. The van der Waals surface area contributed by atoms with Crippen LogP contribution in [0.15, 0.2) is 114 Å². The quantitative estimate of drug-likeness (QED) is 0.216. The van der Waals surface area contributed by atoms with Gasteiger partial charge in [-0.05, 0) is 63.1 Å². The largest absolute Gasteiger partial charge is 0.497 e. The van der Waals surface area contributed by atoms with Crippen molar-refractivity contribution in [2.75, 3.05) is 18.0 Å². The molecule has 4 rings (SSSR count). The molecule has 8 nitrogen and oxygen atoms in total. The van der Waals surface area contributed by atoms with E-state index in [2.05, 4.69) is 5.32 Å². The number of rotatable bonds is 12. The van der Waals surface area contributed by atoms with E-state index in [1.807, 2.05) is 88.4 Å². The first-order valence-corrected chi connectivity index (χ1v) is 16.2. The maximum atomic E-state index is 14.5. The number of carbonyl (C=O) groups is 2. The van der Waals surface area contributed by atoms with Crippen molar-refractivity contribution in [3.8, 4) is 5.75 Å². The van der Waals surface area contributed by atoms with Crippen molar-refractivity contribution in [1.29, 1.82) is 0 Å². The topological polar surface area (TPSA) is 96.0 Å². The van der Waals surface area contributed by atoms with Crippen molar-refractivity contribution in [2.24, 2.45) is 0 Å². The van der Waals surface area contributed by atoms with Gasteiger partial charge in [0.25, 0.3) is 10.0 Å². The molecule has 45 heavy (non-hydrogen) atoms. The van der Waals surface area contributed by atoms with Crippen LogP contribution in [0.25, 0.3) is 0 Å². The molecule has 0 bridgehead atoms. The molecule has 4 aromatic rings. The van der Waals surface area contributed by atoms with Crippen LogP contribution in [0.2, 0.25) is 0 Å². The molecule has 0 aromatic heterocycles. The van der Waals surface area contributed by atoms with Crippen molar-refractivity contribution in [3.05, 3.63) is 126 Å². The second kappa shape index (κ2) is 14.4. The van der Waals surface area contributed by atoms with Gasteiger partial charge >= 0.3 is 0 Å². The summed E-state index contributed by atoms with van der Waals surface area (Å²) < 4.78 is 34.8. The van der Waals surface area contributed by atoms with Gasteiger partial charge in [-0.25, -0.2) is 8.42 Å². The van der Waals surface area contributed by atoms with Crippen molar-refractivity contribution >= 4 is 27.5 Å². The molecule has 0 radical (unpaired) electrons. The lowest BCUT2D eigenvalue weighted by Gasteiger charge is -2.35. The molecule has 4 aromatic carbocycles. The number of nitrogens with one attached hydrogen (secondary N) is 1. The van der Waals surface area contributed by atoms with E-state index >= 15 is 0 Å². The Bertz CT molecular complexity index is 1690. The van der Waals surface area contributed by atoms with Crippen LogP contribution in [0.5, 0.6) is 5.75 Å². The Kier molecular flexibility index (Phi) is 10.7. The van der Waals surface area contributed by atoms with E-state index in [1.54, 1.807) is 36.4 Å². The second-order valence-corrected chi connectivity index (χ2v) is 13.8. The Morgan fingerprint density at radius 1 is 0.822 bits per heavy atom. The van der Waals surface area contributed by atoms with Gasteiger partial charge in [-0.1, -0.05) is 84.4 Å². The van der Waals surface area contributed by atoms with Crippen LogP contribution in [0.1, 0.15) is 37.5 Å². The Labute approximate surface area is 266 Å². The van der Waals surface area contributed by atoms with Gasteiger partial charge in [-0.2, -0.15) is 0 Å². The fraction of sp³-hybridized carbons (Fsp3) is 0.278. The van der Waals surface area contributed by atoms with Crippen molar-refractivity contribution in [1.82, 2.24) is 10.2 Å². The molecule has 0 saturated heterocycles. The number of methoxy groups -OCH3 is 1. The SMILES string of the molecule is COc1cccc(N(CC(=O)N(Cc2ccccc2)[C@@H](Cc2ccccc2)C(=O)NC(C)(C)C)S(=O)(=O)c2ccc(C)cc2)c1. The number of benzene rings is 4. The summed E-state index contributed by atoms with van der Waals surface area (Å²) in [5.74, 6) is -0.413. The first-order valence-electron chi connectivity index (χ1n) is 14.8. The third kappa shape index (κ3) is 8.95. The lowest BCUT2D eigenvalue weighted by Crippen LogP contribution is -2.56. The summed E-state index contributed by atoms with van der Waals surface area (Å²) in [4.78, 5) is 30.0. The Morgan fingerprint density at radius 2 is 1.42 bits per heavy atom. The summed E-state index contributed by atoms with van der Waals surface area (Å²) in [5, 5.41) is 3.04. The van der Waals surface area contributed by atoms with Crippen LogP contribution < -0.4 is 14.4 Å². The van der Waals surface area contributed by atoms with Crippen LogP contribution in [-0.4, -0.2) is 50.4 Å². The molecular formula is C36H41N3O5S. The number of carbonyl (C=O) groups excluding carboxylic acids is 2. The summed E-state index contributed by atoms with van der Waals surface area (Å²) in [6.07, 6.45) is 0.241. The first-order chi connectivity index (χ1) is 21.4. The molecule has 0 spiro atoms. The summed E-state index contributed by atoms with van der Waals surface area (Å²) in [7, 11) is -2.71. The molecule has 0 fully saturated rings. The predicted octanol–water partition coefficient (Wildman–Crippen LogP) is 5.75. The normalized spacial score (nSPS) is 12.2. The van der Waals surface area contributed by atoms with Gasteiger partial charge in [0, 0.05) is 24.6 Å². The van der Waals surface area contributed by atoms with E-state index < -0.39 is 34.1 Å². The average molecular weight is 628 g/mol. The van der Waals surface area contributed by atoms with Crippen LogP contribution in [-0.2, 0) is 32.6 Å². The minimum Gasteiger partial charge on any atom is -0.497 e. The zero-order chi connectivity index (χ0) is 32.6. The fourth-order valence-electron chi connectivity index (χ4n) is 4.92. The number of sulfonamides is 1. The van der Waals surface area contributed by atoms with Gasteiger partial charge in [-0.15, -0.1) is 0 Å². The monoisotopic (exact) mass is 627 g/mol. The Balaban J connectivity index is 1.82. The number of hydrogen-bond donors (Lipinski definition) is 1. The maximum absolute atomic E-state index is 14.5. The van der Waals surface area contributed by atoms with Crippen LogP contribution in [0, 0.1) is 6.92 Å². The van der Waals surface area contributed by atoms with E-state index in [0.717, 1.165) is 21.0 Å². The number of nitrogens with zero attached hydrogens (tertiary/aromatic N) is 2. The molecule has 0 saturated carbocycles. The summed E-state index contributed by atoms with van der Waals surface area (Å²) >= 11 is 0. The highest BCUT2D eigenvalue weighted by atomic mass is 32.2. The first kappa shape index (κ1) is 33.3. The Morgan fingerprint density at radius 3 is 2.00 bits per heavy atom. The standard InChI is InChI=1S/C36H41N3O5S/c1-27-19-21-32(22-20-27)45(42,43)39(30-17-12-18-31(24-30)44-5)26-34(40)38(25-29-15-10-7-11-16-29)33(35(41)37-36(2,3)4)23-28-13-8-6-9-14-28/h6-22,24,33H,23,25-26H2,1-5H3,(H,37,41)/t33-/m0/s1. The van der Waals surface area contributed by atoms with Gasteiger partial charge in [0.1, 0.15) is 18.3 Å². The highest BCUT2D eigenvalue weighted by molar-refractivity contribution is 7.92. The molecule has 0 heterocycles. The third-order valence-electron chi connectivity index (χ3n) is 7.19. The second-order valence-electron chi connectivity index (χ2n) is 12.0. The predicted molar refractivity (Wildman–Crippen MR) is 178 cm³/mol. The van der Waals surface area contributed by atoms with Crippen LogP contribution in [0.3, 0.4) is 0 Å². The summed E-state index contributed by atoms with van der Waals surface area (Å²) in [5.41, 5.74) is 2.29. The van der Waals surface area contributed by atoms with E-state index in [0.29, 0.717) is 5.75 Å². The third-order valence-corrected chi connectivity index (χ3v) is 8.98. The smallest absolute Gasteiger partial charge is 0.264 e. The maximum Gasteiger partial charge on any atom is 0.264 e. The van der Waals surface area contributed by atoms with Crippen LogP contribution in [0.4, 0.5) is 5.69 Å². The molecule has 0 aliphatic rings. The lowest BCUT2D eigenvalue weighted by molar-refractivity contribution is -0.140. The minimum atomic E-state index is -4.20. The van der Waals surface area contributed by atoms with Gasteiger partial charge in [0.15, 0.2) is 0 Å². The average Bonchev–Trinajstić information content (AvgIpc) is 3.01. The summed E-state index contributed by atoms with van der Waals surface area (Å²) in [6.45, 7) is 7.08. The molecule has 1 N–H and O–H groups in total. The van der Waals surface area contributed by atoms with Crippen molar-refractivity contribution in [2.45, 2.75) is 57.1 Å². The van der Waals surface area contributed by atoms with E-state index in [9.17, 15) is 18.0 Å². The molecule has 2 amide bonds. The number of hydrogen-bond acceptors (Lipinski definition) is 5. The van der Waals surface area contributed by atoms with E-state index in [1.165, 1.54) is 24.1 Å². The minimum absolute atomic E-state index is 0.0460. The number of anilines is 1. The summed E-state index contributed by atoms with van der Waals surface area (Å²) in [6, 6.07) is 31.0. The molecular weight excluding hydrogens is 586 g/mol. The zero-order valence-corrected chi connectivity index (χ0v) is 27.3. The molecule has 1 atom stereocenters.